The van der Waals surface area contributed by atoms with E-state index in [0.29, 0.717) is 6.04 Å². The van der Waals surface area contributed by atoms with Crippen molar-refractivity contribution >= 4 is 5.69 Å². The predicted octanol–water partition coefficient (Wildman–Crippen LogP) is 1.89. The van der Waals surface area contributed by atoms with Crippen LogP contribution in [0.3, 0.4) is 0 Å². The molecule has 4 heteroatoms. The Morgan fingerprint density at radius 2 is 2.40 bits per heavy atom. The van der Waals surface area contributed by atoms with Crippen molar-refractivity contribution in [2.75, 3.05) is 6.54 Å². The lowest BCUT2D eigenvalue weighted by molar-refractivity contribution is -0.384. The van der Waals surface area contributed by atoms with Crippen molar-refractivity contribution in [1.29, 1.82) is 0 Å². The number of nitro groups is 1. The van der Waals surface area contributed by atoms with Gasteiger partial charge in [-0.05, 0) is 31.4 Å². The van der Waals surface area contributed by atoms with E-state index in [0.717, 1.165) is 18.5 Å². The summed E-state index contributed by atoms with van der Waals surface area (Å²) in [5, 5.41) is 14.0. The van der Waals surface area contributed by atoms with Crippen LogP contribution in [0.25, 0.3) is 0 Å². The number of hydrogen-bond donors (Lipinski definition) is 1. The van der Waals surface area contributed by atoms with Gasteiger partial charge < -0.3 is 5.32 Å². The van der Waals surface area contributed by atoms with Gasteiger partial charge in [0.2, 0.25) is 0 Å². The second kappa shape index (κ2) is 4.40. The van der Waals surface area contributed by atoms with Crippen LogP contribution >= 0.6 is 0 Å². The van der Waals surface area contributed by atoms with Gasteiger partial charge in [-0.15, -0.1) is 0 Å². The summed E-state index contributed by atoms with van der Waals surface area (Å²) in [4.78, 5) is 10.2. The minimum Gasteiger partial charge on any atom is -0.314 e. The third kappa shape index (κ3) is 2.53. The fourth-order valence-corrected chi connectivity index (χ4v) is 2.01. The van der Waals surface area contributed by atoms with Gasteiger partial charge in [-0.1, -0.05) is 12.1 Å². The molecule has 0 spiro atoms. The highest BCUT2D eigenvalue weighted by molar-refractivity contribution is 5.34. The molecule has 1 aliphatic heterocycles. The summed E-state index contributed by atoms with van der Waals surface area (Å²) in [6.45, 7) is 1.07. The first kappa shape index (κ1) is 10.1. The summed E-state index contributed by atoms with van der Waals surface area (Å²) >= 11 is 0. The first-order chi connectivity index (χ1) is 7.25. The van der Waals surface area contributed by atoms with Gasteiger partial charge in [0.15, 0.2) is 0 Å². The van der Waals surface area contributed by atoms with Crippen LogP contribution in [0, 0.1) is 10.1 Å². The standard InChI is InChI=1S/C11H14N2O2/c14-13(15)11-5-1-3-9(8-11)7-10-4-2-6-12-10/h1,3,5,8,10,12H,2,4,6-7H2. The van der Waals surface area contributed by atoms with Crippen LogP contribution in [0.15, 0.2) is 24.3 Å². The van der Waals surface area contributed by atoms with Crippen molar-refractivity contribution in [1.82, 2.24) is 5.32 Å². The highest BCUT2D eigenvalue weighted by atomic mass is 16.6. The van der Waals surface area contributed by atoms with Crippen molar-refractivity contribution in [3.8, 4) is 0 Å². The molecular formula is C11H14N2O2. The maximum Gasteiger partial charge on any atom is 0.269 e. The van der Waals surface area contributed by atoms with Gasteiger partial charge in [0.05, 0.1) is 4.92 Å². The molecular weight excluding hydrogens is 192 g/mol. The molecule has 0 aliphatic carbocycles. The van der Waals surface area contributed by atoms with E-state index in [1.54, 1.807) is 12.1 Å². The van der Waals surface area contributed by atoms with Gasteiger partial charge in [0, 0.05) is 18.2 Å². The molecule has 1 N–H and O–H groups in total. The van der Waals surface area contributed by atoms with Crippen molar-refractivity contribution in [2.45, 2.75) is 25.3 Å². The van der Waals surface area contributed by atoms with Crippen molar-refractivity contribution in [3.63, 3.8) is 0 Å². The Morgan fingerprint density at radius 3 is 3.07 bits per heavy atom. The molecule has 1 unspecified atom stereocenters. The molecule has 0 aromatic heterocycles. The quantitative estimate of drug-likeness (QED) is 0.607. The summed E-state index contributed by atoms with van der Waals surface area (Å²) < 4.78 is 0. The van der Waals surface area contributed by atoms with Crippen LogP contribution in [0.4, 0.5) is 5.69 Å². The molecule has 1 aromatic rings. The Bertz CT molecular complexity index is 359. The zero-order valence-corrected chi connectivity index (χ0v) is 8.48. The Labute approximate surface area is 88.5 Å². The van der Waals surface area contributed by atoms with E-state index in [-0.39, 0.29) is 10.6 Å². The van der Waals surface area contributed by atoms with E-state index in [1.807, 2.05) is 6.07 Å². The smallest absolute Gasteiger partial charge is 0.269 e. The molecule has 2 rings (SSSR count). The first-order valence-electron chi connectivity index (χ1n) is 5.22. The van der Waals surface area contributed by atoms with Crippen LogP contribution in [0.5, 0.6) is 0 Å². The van der Waals surface area contributed by atoms with Crippen LogP contribution in [-0.2, 0) is 6.42 Å². The molecule has 1 aliphatic rings. The summed E-state index contributed by atoms with van der Waals surface area (Å²) in [5.41, 5.74) is 1.23. The first-order valence-corrected chi connectivity index (χ1v) is 5.22. The topological polar surface area (TPSA) is 55.2 Å². The second-order valence-corrected chi connectivity index (χ2v) is 3.92. The van der Waals surface area contributed by atoms with Crippen LogP contribution in [-0.4, -0.2) is 17.5 Å². The SMILES string of the molecule is O=[N+]([O-])c1cccc(CC2CCCN2)c1. The fourth-order valence-electron chi connectivity index (χ4n) is 2.01. The lowest BCUT2D eigenvalue weighted by Crippen LogP contribution is -2.23. The van der Waals surface area contributed by atoms with Crippen molar-refractivity contribution in [2.24, 2.45) is 0 Å². The molecule has 1 saturated heterocycles. The van der Waals surface area contributed by atoms with E-state index in [9.17, 15) is 10.1 Å². The Hall–Kier alpha value is -1.42. The molecule has 1 heterocycles. The van der Waals surface area contributed by atoms with Crippen LogP contribution < -0.4 is 5.32 Å². The fraction of sp³-hybridized carbons (Fsp3) is 0.455. The number of hydrogen-bond acceptors (Lipinski definition) is 3. The third-order valence-corrected chi connectivity index (χ3v) is 2.77. The molecule has 1 aromatic carbocycles. The minimum atomic E-state index is -0.342. The van der Waals surface area contributed by atoms with E-state index < -0.39 is 0 Å². The Kier molecular flexibility index (Phi) is 2.97. The van der Waals surface area contributed by atoms with E-state index in [2.05, 4.69) is 5.32 Å². The third-order valence-electron chi connectivity index (χ3n) is 2.77. The number of nitro benzene ring substituents is 1. The molecule has 1 atom stereocenters. The van der Waals surface area contributed by atoms with E-state index in [4.69, 9.17) is 0 Å². The summed E-state index contributed by atoms with van der Waals surface area (Å²) in [6, 6.07) is 7.40. The Morgan fingerprint density at radius 1 is 1.53 bits per heavy atom. The number of rotatable bonds is 3. The minimum absolute atomic E-state index is 0.186. The van der Waals surface area contributed by atoms with Crippen molar-refractivity contribution < 1.29 is 4.92 Å². The molecule has 0 bridgehead atoms. The molecule has 1 fully saturated rings. The Balaban J connectivity index is 2.07. The maximum atomic E-state index is 10.6. The molecule has 4 nitrogen and oxygen atoms in total. The van der Waals surface area contributed by atoms with Crippen LogP contribution in [0.1, 0.15) is 18.4 Å². The summed E-state index contributed by atoms with van der Waals surface area (Å²) in [7, 11) is 0. The zero-order valence-electron chi connectivity index (χ0n) is 8.48. The van der Waals surface area contributed by atoms with Crippen LogP contribution in [0.2, 0.25) is 0 Å². The number of nitrogens with one attached hydrogen (secondary N) is 1. The number of non-ortho nitro benzene ring substituents is 1. The zero-order chi connectivity index (χ0) is 10.7. The molecule has 0 radical (unpaired) electrons. The van der Waals surface area contributed by atoms with Gasteiger partial charge >= 0.3 is 0 Å². The average Bonchev–Trinajstić information content (AvgIpc) is 2.71. The molecule has 80 valence electrons. The molecule has 0 saturated carbocycles. The largest absolute Gasteiger partial charge is 0.314 e. The second-order valence-electron chi connectivity index (χ2n) is 3.92. The highest BCUT2D eigenvalue weighted by Gasteiger charge is 2.15. The number of nitrogens with zero attached hydrogens (tertiary/aromatic N) is 1. The predicted molar refractivity (Wildman–Crippen MR) is 57.8 cm³/mol. The van der Waals surface area contributed by atoms with Crippen molar-refractivity contribution in [3.05, 3.63) is 39.9 Å². The average molecular weight is 206 g/mol. The van der Waals surface area contributed by atoms with Gasteiger partial charge in [0.1, 0.15) is 0 Å². The summed E-state index contributed by atoms with van der Waals surface area (Å²) in [5.74, 6) is 0. The van der Waals surface area contributed by atoms with Gasteiger partial charge in [-0.25, -0.2) is 0 Å². The molecule has 0 amide bonds. The van der Waals surface area contributed by atoms with E-state index in [1.165, 1.54) is 18.9 Å². The molecule has 15 heavy (non-hydrogen) atoms. The normalized spacial score (nSPS) is 20.4. The van der Waals surface area contributed by atoms with Gasteiger partial charge in [0.25, 0.3) is 5.69 Å². The monoisotopic (exact) mass is 206 g/mol. The summed E-state index contributed by atoms with van der Waals surface area (Å²) in [6.07, 6.45) is 3.27. The maximum absolute atomic E-state index is 10.6. The van der Waals surface area contributed by atoms with Gasteiger partial charge in [-0.2, -0.15) is 0 Å². The highest BCUT2D eigenvalue weighted by Crippen LogP contribution is 2.17. The van der Waals surface area contributed by atoms with E-state index >= 15 is 0 Å². The van der Waals surface area contributed by atoms with Gasteiger partial charge in [-0.3, -0.25) is 10.1 Å². The number of benzene rings is 1. The lowest BCUT2D eigenvalue weighted by Gasteiger charge is -2.09. The lowest BCUT2D eigenvalue weighted by atomic mass is 10.0.